The van der Waals surface area contributed by atoms with Gasteiger partial charge in [-0.3, -0.25) is 24.5 Å². The van der Waals surface area contributed by atoms with Crippen LogP contribution in [0.1, 0.15) is 17.2 Å². The Labute approximate surface area is 162 Å². The first-order chi connectivity index (χ1) is 13.7. The van der Waals surface area contributed by atoms with Crippen molar-refractivity contribution in [1.29, 1.82) is 0 Å². The summed E-state index contributed by atoms with van der Waals surface area (Å²) >= 11 is 0. The molecule has 0 radical (unpaired) electrons. The molecule has 1 atom stereocenters. The average molecular weight is 400 g/mol. The number of benzene rings is 2. The summed E-state index contributed by atoms with van der Waals surface area (Å²) in [7, 11) is 0. The van der Waals surface area contributed by atoms with Gasteiger partial charge in [-0.05, 0) is 29.8 Å². The molecule has 1 heterocycles. The van der Waals surface area contributed by atoms with E-state index in [4.69, 9.17) is 5.11 Å². The fraction of sp³-hybridized carbons (Fsp3) is 0.105. The Hall–Kier alpha value is -4.08. The molecule has 10 heteroatoms. The maximum atomic E-state index is 13.3. The van der Waals surface area contributed by atoms with Crippen molar-refractivity contribution >= 4 is 29.1 Å². The van der Waals surface area contributed by atoms with E-state index >= 15 is 0 Å². The number of likely N-dealkylation sites (tertiary alicyclic amines) is 1. The van der Waals surface area contributed by atoms with Crippen LogP contribution in [0.25, 0.3) is 5.76 Å². The molecule has 29 heavy (non-hydrogen) atoms. The largest absolute Gasteiger partial charge is 0.507 e. The molecule has 0 saturated carbocycles. The van der Waals surface area contributed by atoms with Crippen LogP contribution in [0.5, 0.6) is 0 Å². The van der Waals surface area contributed by atoms with Gasteiger partial charge in [0.2, 0.25) is 0 Å². The molecule has 0 aliphatic carbocycles. The van der Waals surface area contributed by atoms with Gasteiger partial charge in [-0.1, -0.05) is 12.1 Å². The Bertz CT molecular complexity index is 1050. The number of nitrogens with zero attached hydrogens (tertiary/aromatic N) is 2. The van der Waals surface area contributed by atoms with E-state index in [0.717, 1.165) is 29.2 Å². The number of halogens is 1. The average Bonchev–Trinajstić information content (AvgIpc) is 2.92. The number of ketones is 1. The number of Topliss-reactive ketones (excluding diaryl/α,β-unsaturated/α-hetero) is 1. The van der Waals surface area contributed by atoms with Crippen molar-refractivity contribution in [3.8, 4) is 0 Å². The zero-order chi connectivity index (χ0) is 21.3. The third-order valence-electron chi connectivity index (χ3n) is 4.38. The van der Waals surface area contributed by atoms with Crippen LogP contribution >= 0.6 is 0 Å². The standard InChI is InChI=1S/C19H13FN2O7/c20-12-5-1-10(2-6-12)16-15(18(26)19(27)21(16)9-14(23)24)17(25)11-3-7-13(8-4-11)22(28)29/h1-8,16,25H,9H2,(H,23,24). The Morgan fingerprint density at radius 2 is 1.66 bits per heavy atom. The summed E-state index contributed by atoms with van der Waals surface area (Å²) in [6.45, 7) is -0.816. The Morgan fingerprint density at radius 3 is 2.17 bits per heavy atom. The molecule has 1 aliphatic heterocycles. The molecular formula is C19H13FN2O7. The van der Waals surface area contributed by atoms with Crippen LogP contribution in [0.2, 0.25) is 0 Å². The van der Waals surface area contributed by atoms with E-state index in [1.165, 1.54) is 24.3 Å². The van der Waals surface area contributed by atoms with E-state index in [1.54, 1.807) is 0 Å². The number of carbonyl (C=O) groups excluding carboxylic acids is 2. The van der Waals surface area contributed by atoms with Crippen LogP contribution in [-0.4, -0.2) is 44.2 Å². The van der Waals surface area contributed by atoms with Crippen molar-refractivity contribution in [3.05, 3.63) is 81.2 Å². The van der Waals surface area contributed by atoms with E-state index in [-0.39, 0.29) is 16.8 Å². The zero-order valence-corrected chi connectivity index (χ0v) is 14.6. The Kier molecular flexibility index (Phi) is 5.09. The number of hydrogen-bond acceptors (Lipinski definition) is 6. The fourth-order valence-corrected chi connectivity index (χ4v) is 3.08. The number of hydrogen-bond donors (Lipinski definition) is 2. The number of amides is 1. The number of non-ortho nitro benzene ring substituents is 1. The monoisotopic (exact) mass is 400 g/mol. The summed E-state index contributed by atoms with van der Waals surface area (Å²) in [6, 6.07) is 8.02. The second-order valence-corrected chi connectivity index (χ2v) is 6.18. The van der Waals surface area contributed by atoms with Gasteiger partial charge in [0.1, 0.15) is 18.1 Å². The van der Waals surface area contributed by atoms with Crippen molar-refractivity contribution in [2.24, 2.45) is 0 Å². The minimum absolute atomic E-state index is 0.0241. The highest BCUT2D eigenvalue weighted by Crippen LogP contribution is 2.39. The maximum absolute atomic E-state index is 13.3. The van der Waals surface area contributed by atoms with Crippen LogP contribution in [0.4, 0.5) is 10.1 Å². The molecule has 0 bridgehead atoms. The number of aliphatic hydroxyl groups is 1. The number of aliphatic hydroxyl groups excluding tert-OH is 1. The fourth-order valence-electron chi connectivity index (χ4n) is 3.08. The molecule has 148 valence electrons. The minimum atomic E-state index is -1.38. The first-order valence-corrected chi connectivity index (χ1v) is 8.21. The van der Waals surface area contributed by atoms with Crippen molar-refractivity contribution in [2.75, 3.05) is 6.54 Å². The van der Waals surface area contributed by atoms with Crippen LogP contribution < -0.4 is 0 Å². The zero-order valence-electron chi connectivity index (χ0n) is 14.6. The molecule has 1 saturated heterocycles. The SMILES string of the molecule is O=C(O)CN1C(=O)C(=O)C(=C(O)c2ccc([N+](=O)[O-])cc2)C1c1ccc(F)cc1. The predicted octanol–water partition coefficient (Wildman–Crippen LogP) is 2.24. The third kappa shape index (κ3) is 3.68. The lowest BCUT2D eigenvalue weighted by Crippen LogP contribution is -2.34. The van der Waals surface area contributed by atoms with Gasteiger partial charge in [0.15, 0.2) is 0 Å². The summed E-state index contributed by atoms with van der Waals surface area (Å²) in [5, 5.41) is 30.6. The first-order valence-electron chi connectivity index (χ1n) is 8.21. The lowest BCUT2D eigenvalue weighted by atomic mass is 9.95. The third-order valence-corrected chi connectivity index (χ3v) is 4.38. The molecule has 1 unspecified atom stereocenters. The van der Waals surface area contributed by atoms with Gasteiger partial charge < -0.3 is 15.1 Å². The summed E-state index contributed by atoms with van der Waals surface area (Å²) in [4.78, 5) is 47.0. The molecular weight excluding hydrogens is 387 g/mol. The summed E-state index contributed by atoms with van der Waals surface area (Å²) < 4.78 is 13.3. The normalized spacial score (nSPS) is 18.1. The molecule has 0 aromatic heterocycles. The molecule has 1 amide bonds. The summed E-state index contributed by atoms with van der Waals surface area (Å²) in [5.74, 6) is -4.84. The van der Waals surface area contributed by atoms with E-state index in [9.17, 15) is 34.0 Å². The molecule has 0 spiro atoms. The summed E-state index contributed by atoms with van der Waals surface area (Å²) in [6.07, 6.45) is 0. The van der Waals surface area contributed by atoms with Crippen LogP contribution in [0, 0.1) is 15.9 Å². The topological polar surface area (TPSA) is 138 Å². The van der Waals surface area contributed by atoms with Gasteiger partial charge in [-0.2, -0.15) is 0 Å². The van der Waals surface area contributed by atoms with Gasteiger partial charge in [0.25, 0.3) is 17.4 Å². The van der Waals surface area contributed by atoms with E-state index < -0.39 is 52.3 Å². The smallest absolute Gasteiger partial charge is 0.323 e. The summed E-state index contributed by atoms with van der Waals surface area (Å²) in [5.41, 5.74) is -0.397. The second kappa shape index (κ2) is 7.50. The van der Waals surface area contributed by atoms with E-state index in [1.807, 2.05) is 0 Å². The predicted molar refractivity (Wildman–Crippen MR) is 96.1 cm³/mol. The number of aliphatic carboxylic acids is 1. The van der Waals surface area contributed by atoms with Crippen molar-refractivity contribution in [2.45, 2.75) is 6.04 Å². The van der Waals surface area contributed by atoms with E-state index in [0.29, 0.717) is 0 Å². The quantitative estimate of drug-likeness (QED) is 0.258. The highest BCUT2D eigenvalue weighted by Gasteiger charge is 2.46. The van der Waals surface area contributed by atoms with Crippen molar-refractivity contribution in [3.63, 3.8) is 0 Å². The van der Waals surface area contributed by atoms with Gasteiger partial charge in [-0.25, -0.2) is 4.39 Å². The van der Waals surface area contributed by atoms with Crippen LogP contribution in [-0.2, 0) is 14.4 Å². The minimum Gasteiger partial charge on any atom is -0.507 e. The van der Waals surface area contributed by atoms with Gasteiger partial charge >= 0.3 is 5.97 Å². The van der Waals surface area contributed by atoms with Crippen LogP contribution in [0.3, 0.4) is 0 Å². The Morgan fingerprint density at radius 1 is 1.07 bits per heavy atom. The Balaban J connectivity index is 2.16. The van der Waals surface area contributed by atoms with Crippen LogP contribution in [0.15, 0.2) is 54.1 Å². The van der Waals surface area contributed by atoms with Gasteiger partial charge in [-0.15, -0.1) is 0 Å². The van der Waals surface area contributed by atoms with Crippen molar-refractivity contribution < 1.29 is 33.9 Å². The second-order valence-electron chi connectivity index (χ2n) is 6.18. The van der Waals surface area contributed by atoms with Crippen molar-refractivity contribution in [1.82, 2.24) is 4.90 Å². The van der Waals surface area contributed by atoms with E-state index in [2.05, 4.69) is 0 Å². The number of carboxylic acid groups (broad SMARTS) is 1. The van der Waals surface area contributed by atoms with Gasteiger partial charge in [0.05, 0.1) is 16.5 Å². The first kappa shape index (κ1) is 19.7. The number of rotatable bonds is 5. The number of carbonyl (C=O) groups is 3. The number of carboxylic acids is 1. The molecule has 1 fully saturated rings. The maximum Gasteiger partial charge on any atom is 0.323 e. The molecule has 2 aromatic carbocycles. The number of nitro groups is 1. The molecule has 1 aliphatic rings. The highest BCUT2D eigenvalue weighted by atomic mass is 19.1. The highest BCUT2D eigenvalue weighted by molar-refractivity contribution is 6.46. The number of nitro benzene ring substituents is 1. The lowest BCUT2D eigenvalue weighted by molar-refractivity contribution is -0.384. The van der Waals surface area contributed by atoms with Gasteiger partial charge in [0, 0.05) is 17.7 Å². The molecule has 9 nitrogen and oxygen atoms in total. The molecule has 3 rings (SSSR count). The molecule has 2 N–H and O–H groups in total. The molecule has 2 aromatic rings. The lowest BCUT2D eigenvalue weighted by Gasteiger charge is -2.23.